The molecule has 94 valence electrons. The minimum absolute atomic E-state index is 0.237. The molecule has 0 radical (unpaired) electrons. The van der Waals surface area contributed by atoms with Gasteiger partial charge >= 0.3 is 0 Å². The van der Waals surface area contributed by atoms with Crippen molar-refractivity contribution >= 4 is 0 Å². The molecular formula is C15H18N2O. The van der Waals surface area contributed by atoms with E-state index in [-0.39, 0.29) is 5.92 Å². The maximum Gasteiger partial charge on any atom is 0.0892 e. The lowest BCUT2D eigenvalue weighted by Gasteiger charge is -2.33. The molecule has 1 aliphatic carbocycles. The van der Waals surface area contributed by atoms with Crippen LogP contribution in [0.15, 0.2) is 36.7 Å². The number of aliphatic hydroxyl groups is 1. The summed E-state index contributed by atoms with van der Waals surface area (Å²) in [5.74, 6) is 0.237. The van der Waals surface area contributed by atoms with Crippen LogP contribution in [0.25, 0.3) is 0 Å². The quantitative estimate of drug-likeness (QED) is 0.895. The maximum atomic E-state index is 10.4. The Balaban J connectivity index is 1.78. The maximum absolute atomic E-state index is 10.4. The molecular weight excluding hydrogens is 224 g/mol. The molecule has 1 aliphatic rings. The van der Waals surface area contributed by atoms with E-state index in [0.717, 1.165) is 24.9 Å². The highest BCUT2D eigenvalue weighted by atomic mass is 16.3. The van der Waals surface area contributed by atoms with Gasteiger partial charge in [-0.3, -0.25) is 4.68 Å². The molecule has 1 aromatic carbocycles. The van der Waals surface area contributed by atoms with Crippen LogP contribution in [0.1, 0.15) is 42.1 Å². The summed E-state index contributed by atoms with van der Waals surface area (Å²) in [6.07, 6.45) is 5.36. The Morgan fingerprint density at radius 2 is 2.28 bits per heavy atom. The summed E-state index contributed by atoms with van der Waals surface area (Å²) in [5, 5.41) is 14.7. The molecule has 0 aliphatic heterocycles. The van der Waals surface area contributed by atoms with E-state index in [4.69, 9.17) is 0 Å². The van der Waals surface area contributed by atoms with Crippen LogP contribution in [0.3, 0.4) is 0 Å². The Morgan fingerprint density at radius 1 is 1.44 bits per heavy atom. The average molecular weight is 242 g/mol. The van der Waals surface area contributed by atoms with Gasteiger partial charge in [-0.2, -0.15) is 5.10 Å². The number of aliphatic hydroxyl groups excluding tert-OH is 1. The molecule has 1 heterocycles. The summed E-state index contributed by atoms with van der Waals surface area (Å²) >= 11 is 0. The second-order valence-corrected chi connectivity index (χ2v) is 4.99. The monoisotopic (exact) mass is 242 g/mol. The SMILES string of the molecule is CCCn1cc(C(O)C2Cc3ccccc32)cn1. The first kappa shape index (κ1) is 11.5. The van der Waals surface area contributed by atoms with Crippen molar-refractivity contribution in [2.45, 2.75) is 38.3 Å². The Hall–Kier alpha value is -1.61. The lowest BCUT2D eigenvalue weighted by atomic mass is 9.73. The Morgan fingerprint density at radius 3 is 3.06 bits per heavy atom. The first-order valence-corrected chi connectivity index (χ1v) is 6.58. The largest absolute Gasteiger partial charge is 0.388 e. The van der Waals surface area contributed by atoms with Crippen molar-refractivity contribution in [3.05, 3.63) is 53.3 Å². The molecule has 0 spiro atoms. The number of hydrogen-bond acceptors (Lipinski definition) is 2. The van der Waals surface area contributed by atoms with E-state index in [0.29, 0.717) is 0 Å². The molecule has 0 fully saturated rings. The summed E-state index contributed by atoms with van der Waals surface area (Å²) in [6, 6.07) is 8.35. The third-order valence-electron chi connectivity index (χ3n) is 3.72. The highest BCUT2D eigenvalue weighted by molar-refractivity contribution is 5.42. The summed E-state index contributed by atoms with van der Waals surface area (Å²) in [5.41, 5.74) is 3.58. The third kappa shape index (κ3) is 1.85. The number of fused-ring (bicyclic) bond motifs is 1. The molecule has 18 heavy (non-hydrogen) atoms. The van der Waals surface area contributed by atoms with Gasteiger partial charge in [0.05, 0.1) is 12.3 Å². The van der Waals surface area contributed by atoms with Gasteiger partial charge in [-0.1, -0.05) is 31.2 Å². The zero-order chi connectivity index (χ0) is 12.5. The molecule has 3 heteroatoms. The van der Waals surface area contributed by atoms with E-state index in [1.165, 1.54) is 11.1 Å². The van der Waals surface area contributed by atoms with Gasteiger partial charge in [-0.05, 0) is 24.0 Å². The van der Waals surface area contributed by atoms with Crippen LogP contribution in [0.2, 0.25) is 0 Å². The van der Waals surface area contributed by atoms with Crippen LogP contribution in [0.5, 0.6) is 0 Å². The number of nitrogens with zero attached hydrogens (tertiary/aromatic N) is 2. The number of rotatable bonds is 4. The number of hydrogen-bond donors (Lipinski definition) is 1. The van der Waals surface area contributed by atoms with Crippen molar-refractivity contribution in [3.63, 3.8) is 0 Å². The molecule has 1 N–H and O–H groups in total. The summed E-state index contributed by atoms with van der Waals surface area (Å²) < 4.78 is 1.91. The van der Waals surface area contributed by atoms with Crippen LogP contribution in [0, 0.1) is 0 Å². The summed E-state index contributed by atoms with van der Waals surface area (Å²) in [7, 11) is 0. The van der Waals surface area contributed by atoms with Crippen LogP contribution >= 0.6 is 0 Å². The highest BCUT2D eigenvalue weighted by Crippen LogP contribution is 2.43. The van der Waals surface area contributed by atoms with Crippen molar-refractivity contribution in [2.75, 3.05) is 0 Å². The minimum atomic E-state index is -0.425. The number of aryl methyl sites for hydroxylation is 1. The summed E-state index contributed by atoms with van der Waals surface area (Å²) in [6.45, 7) is 3.04. The van der Waals surface area contributed by atoms with Gasteiger partial charge in [0.1, 0.15) is 0 Å². The molecule has 2 unspecified atom stereocenters. The fraction of sp³-hybridized carbons (Fsp3) is 0.400. The second-order valence-electron chi connectivity index (χ2n) is 4.99. The van der Waals surface area contributed by atoms with Crippen LogP contribution in [-0.2, 0) is 13.0 Å². The van der Waals surface area contributed by atoms with Crippen molar-refractivity contribution in [1.29, 1.82) is 0 Å². The van der Waals surface area contributed by atoms with Gasteiger partial charge in [0.15, 0.2) is 0 Å². The van der Waals surface area contributed by atoms with E-state index in [2.05, 4.69) is 30.2 Å². The van der Waals surface area contributed by atoms with E-state index >= 15 is 0 Å². The normalized spacial score (nSPS) is 19.1. The van der Waals surface area contributed by atoms with Crippen LogP contribution in [-0.4, -0.2) is 14.9 Å². The molecule has 2 atom stereocenters. The fourth-order valence-electron chi connectivity index (χ4n) is 2.70. The number of benzene rings is 1. The molecule has 3 rings (SSSR count). The van der Waals surface area contributed by atoms with Gasteiger partial charge in [0.2, 0.25) is 0 Å². The Kier molecular flexibility index (Phi) is 2.92. The number of aromatic nitrogens is 2. The standard InChI is InChI=1S/C15H18N2O/c1-2-7-17-10-12(9-16-17)15(18)14-8-11-5-3-4-6-13(11)14/h3-6,9-10,14-15,18H,2,7-8H2,1H3. The predicted molar refractivity (Wildman–Crippen MR) is 70.4 cm³/mol. The molecule has 3 nitrogen and oxygen atoms in total. The Bertz CT molecular complexity index is 547. The molecule has 2 aromatic rings. The van der Waals surface area contributed by atoms with Crippen molar-refractivity contribution in [2.24, 2.45) is 0 Å². The topological polar surface area (TPSA) is 38.0 Å². The van der Waals surface area contributed by atoms with Gasteiger partial charge in [-0.15, -0.1) is 0 Å². The van der Waals surface area contributed by atoms with E-state index < -0.39 is 6.10 Å². The Labute approximate surface area is 107 Å². The van der Waals surface area contributed by atoms with Crippen molar-refractivity contribution < 1.29 is 5.11 Å². The van der Waals surface area contributed by atoms with E-state index in [9.17, 15) is 5.11 Å². The minimum Gasteiger partial charge on any atom is -0.388 e. The smallest absolute Gasteiger partial charge is 0.0892 e. The third-order valence-corrected chi connectivity index (χ3v) is 3.72. The first-order chi connectivity index (χ1) is 8.79. The summed E-state index contributed by atoms with van der Waals surface area (Å²) in [4.78, 5) is 0. The molecule has 0 amide bonds. The molecule has 0 saturated heterocycles. The van der Waals surface area contributed by atoms with Gasteiger partial charge in [-0.25, -0.2) is 0 Å². The average Bonchev–Trinajstić information content (AvgIpc) is 2.80. The zero-order valence-corrected chi connectivity index (χ0v) is 10.6. The predicted octanol–water partition coefficient (Wildman–Crippen LogP) is 2.67. The molecule has 1 aromatic heterocycles. The van der Waals surface area contributed by atoms with Crippen LogP contribution < -0.4 is 0 Å². The van der Waals surface area contributed by atoms with Gasteiger partial charge < -0.3 is 5.11 Å². The first-order valence-electron chi connectivity index (χ1n) is 6.58. The van der Waals surface area contributed by atoms with Crippen molar-refractivity contribution in [1.82, 2.24) is 9.78 Å². The highest BCUT2D eigenvalue weighted by Gasteiger charge is 2.32. The van der Waals surface area contributed by atoms with E-state index in [1.54, 1.807) is 6.20 Å². The molecule has 0 saturated carbocycles. The fourth-order valence-corrected chi connectivity index (χ4v) is 2.70. The van der Waals surface area contributed by atoms with Crippen molar-refractivity contribution in [3.8, 4) is 0 Å². The van der Waals surface area contributed by atoms with Crippen LogP contribution in [0.4, 0.5) is 0 Å². The lowest BCUT2D eigenvalue weighted by Crippen LogP contribution is -2.23. The lowest BCUT2D eigenvalue weighted by molar-refractivity contribution is 0.134. The zero-order valence-electron chi connectivity index (χ0n) is 10.6. The van der Waals surface area contributed by atoms with Gasteiger partial charge in [0.25, 0.3) is 0 Å². The molecule has 0 bridgehead atoms. The van der Waals surface area contributed by atoms with E-state index in [1.807, 2.05) is 16.9 Å². The second kappa shape index (κ2) is 4.58. The van der Waals surface area contributed by atoms with Gasteiger partial charge in [0, 0.05) is 24.2 Å².